The first kappa shape index (κ1) is 12.2. The number of nitrogens with zero attached hydrogens (tertiary/aromatic N) is 1. The van der Waals surface area contributed by atoms with Gasteiger partial charge in [-0.3, -0.25) is 4.90 Å². The van der Waals surface area contributed by atoms with Crippen LogP contribution in [0, 0.1) is 11.8 Å². The lowest BCUT2D eigenvalue weighted by molar-refractivity contribution is 0.260. The average molecular weight is 229 g/mol. The second-order valence-electron chi connectivity index (χ2n) is 4.62. The number of hydrogen-bond acceptors (Lipinski definition) is 2. The summed E-state index contributed by atoms with van der Waals surface area (Å²) in [5.74, 6) is 5.57. The Hall–Kier alpha value is -1.30. The lowest BCUT2D eigenvalue weighted by Gasteiger charge is -2.20. The van der Waals surface area contributed by atoms with Crippen LogP contribution in [0.1, 0.15) is 30.9 Å². The molecule has 0 saturated carbocycles. The number of aliphatic hydroxyl groups excluding tert-OH is 1. The maximum Gasteiger partial charge on any atom is 0.104 e. The Morgan fingerprint density at radius 2 is 2.12 bits per heavy atom. The predicted molar refractivity (Wildman–Crippen MR) is 69.5 cm³/mol. The van der Waals surface area contributed by atoms with Crippen molar-refractivity contribution in [3.8, 4) is 11.8 Å². The van der Waals surface area contributed by atoms with Gasteiger partial charge < -0.3 is 5.11 Å². The number of likely N-dealkylation sites (tertiary alicyclic amines) is 1. The molecule has 1 aromatic rings. The highest BCUT2D eigenvalue weighted by Gasteiger charge is 2.19. The predicted octanol–water partition coefficient (Wildman–Crippen LogP) is 2.01. The molecule has 1 aromatic carbocycles. The van der Waals surface area contributed by atoms with E-state index in [0.717, 1.165) is 12.1 Å². The van der Waals surface area contributed by atoms with Crippen molar-refractivity contribution >= 4 is 0 Å². The summed E-state index contributed by atoms with van der Waals surface area (Å²) in [4.78, 5) is 2.52. The molecular weight excluding hydrogens is 210 g/mol. The Morgan fingerprint density at radius 1 is 1.35 bits per heavy atom. The zero-order valence-electron chi connectivity index (χ0n) is 10.3. The summed E-state index contributed by atoms with van der Waals surface area (Å²) < 4.78 is 0. The van der Waals surface area contributed by atoms with Gasteiger partial charge in [-0.05, 0) is 44.0 Å². The number of benzene rings is 1. The largest absolute Gasteiger partial charge is 0.384 e. The molecule has 2 heteroatoms. The summed E-state index contributed by atoms with van der Waals surface area (Å²) in [5.41, 5.74) is 2.31. The molecule has 1 heterocycles. The third kappa shape index (κ3) is 3.33. The van der Waals surface area contributed by atoms with Crippen LogP contribution in [0.15, 0.2) is 24.3 Å². The quantitative estimate of drug-likeness (QED) is 0.784. The van der Waals surface area contributed by atoms with Gasteiger partial charge in [-0.1, -0.05) is 24.0 Å². The normalized spacial score (nSPS) is 20.0. The highest BCUT2D eigenvalue weighted by atomic mass is 16.2. The Bertz CT molecular complexity index is 413. The molecular formula is C15H19NO. The van der Waals surface area contributed by atoms with Crippen LogP contribution in [0.3, 0.4) is 0 Å². The summed E-state index contributed by atoms with van der Waals surface area (Å²) in [7, 11) is 0. The maximum absolute atomic E-state index is 8.62. The van der Waals surface area contributed by atoms with Gasteiger partial charge in [0.1, 0.15) is 6.61 Å². The molecule has 1 N–H and O–H groups in total. The van der Waals surface area contributed by atoms with Gasteiger partial charge in [0.25, 0.3) is 0 Å². The Labute approximate surface area is 103 Å². The Balaban J connectivity index is 1.98. The minimum atomic E-state index is -0.0763. The highest BCUT2D eigenvalue weighted by Crippen LogP contribution is 2.19. The molecule has 1 atom stereocenters. The van der Waals surface area contributed by atoms with Crippen molar-refractivity contribution in [1.82, 2.24) is 4.90 Å². The van der Waals surface area contributed by atoms with Crippen molar-refractivity contribution < 1.29 is 5.11 Å². The molecule has 0 aromatic heterocycles. The molecule has 17 heavy (non-hydrogen) atoms. The summed E-state index contributed by atoms with van der Waals surface area (Å²) in [6.07, 6.45) is 2.64. The molecule has 2 rings (SSSR count). The molecule has 1 unspecified atom stereocenters. The molecule has 1 fully saturated rings. The van der Waals surface area contributed by atoms with Gasteiger partial charge in [0.05, 0.1) is 0 Å². The van der Waals surface area contributed by atoms with Crippen molar-refractivity contribution in [3.05, 3.63) is 35.4 Å². The van der Waals surface area contributed by atoms with Crippen LogP contribution in [-0.4, -0.2) is 29.2 Å². The molecule has 1 aliphatic rings. The van der Waals surface area contributed by atoms with Gasteiger partial charge in [-0.15, -0.1) is 0 Å². The van der Waals surface area contributed by atoms with Crippen molar-refractivity contribution in [2.45, 2.75) is 32.4 Å². The molecule has 0 amide bonds. The monoisotopic (exact) mass is 229 g/mol. The third-order valence-electron chi connectivity index (χ3n) is 3.34. The van der Waals surface area contributed by atoms with Crippen LogP contribution < -0.4 is 0 Å². The molecule has 1 saturated heterocycles. The van der Waals surface area contributed by atoms with E-state index < -0.39 is 0 Å². The summed E-state index contributed by atoms with van der Waals surface area (Å²) in [6.45, 7) is 4.48. The van der Waals surface area contributed by atoms with E-state index in [1.807, 2.05) is 12.1 Å². The number of rotatable bonds is 2. The lowest BCUT2D eigenvalue weighted by Crippen LogP contribution is -2.26. The molecule has 1 aliphatic heterocycles. The van der Waals surface area contributed by atoms with E-state index in [2.05, 4.69) is 35.8 Å². The lowest BCUT2D eigenvalue weighted by atomic mass is 10.1. The van der Waals surface area contributed by atoms with E-state index in [1.54, 1.807) is 0 Å². The van der Waals surface area contributed by atoms with Crippen LogP contribution in [0.25, 0.3) is 0 Å². The van der Waals surface area contributed by atoms with Gasteiger partial charge in [0, 0.05) is 18.2 Å². The molecule has 0 aliphatic carbocycles. The molecule has 0 radical (unpaired) electrons. The number of hydrogen-bond donors (Lipinski definition) is 1. The smallest absolute Gasteiger partial charge is 0.104 e. The van der Waals surface area contributed by atoms with Gasteiger partial charge in [-0.2, -0.15) is 0 Å². The van der Waals surface area contributed by atoms with Gasteiger partial charge in [0.2, 0.25) is 0 Å². The molecule has 2 nitrogen and oxygen atoms in total. The minimum Gasteiger partial charge on any atom is -0.384 e. The van der Waals surface area contributed by atoms with Crippen LogP contribution in [0.2, 0.25) is 0 Å². The summed E-state index contributed by atoms with van der Waals surface area (Å²) in [6, 6.07) is 9.03. The zero-order chi connectivity index (χ0) is 12.1. The van der Waals surface area contributed by atoms with Crippen molar-refractivity contribution in [2.75, 3.05) is 13.2 Å². The fourth-order valence-electron chi connectivity index (χ4n) is 2.30. The number of aliphatic hydroxyl groups is 1. The first-order chi connectivity index (χ1) is 8.29. The zero-order valence-corrected chi connectivity index (χ0v) is 10.3. The van der Waals surface area contributed by atoms with Crippen LogP contribution in [0.5, 0.6) is 0 Å². The van der Waals surface area contributed by atoms with Crippen molar-refractivity contribution in [3.63, 3.8) is 0 Å². The van der Waals surface area contributed by atoms with Gasteiger partial charge in [0.15, 0.2) is 0 Å². The Kier molecular flexibility index (Phi) is 4.19. The van der Waals surface area contributed by atoms with E-state index in [9.17, 15) is 0 Å². The van der Waals surface area contributed by atoms with E-state index >= 15 is 0 Å². The van der Waals surface area contributed by atoms with E-state index in [1.165, 1.54) is 24.9 Å². The minimum absolute atomic E-state index is 0.0763. The fraction of sp³-hybridized carbons (Fsp3) is 0.467. The molecule has 0 spiro atoms. The van der Waals surface area contributed by atoms with Crippen molar-refractivity contribution in [2.24, 2.45) is 0 Å². The summed E-state index contributed by atoms with van der Waals surface area (Å²) >= 11 is 0. The molecule has 90 valence electrons. The van der Waals surface area contributed by atoms with E-state index in [0.29, 0.717) is 6.04 Å². The third-order valence-corrected chi connectivity index (χ3v) is 3.34. The average Bonchev–Trinajstić information content (AvgIpc) is 2.74. The van der Waals surface area contributed by atoms with Gasteiger partial charge in [-0.25, -0.2) is 0 Å². The topological polar surface area (TPSA) is 23.5 Å². The second kappa shape index (κ2) is 5.86. The van der Waals surface area contributed by atoms with Crippen LogP contribution in [-0.2, 0) is 6.54 Å². The first-order valence-corrected chi connectivity index (χ1v) is 6.22. The van der Waals surface area contributed by atoms with Crippen molar-refractivity contribution in [1.29, 1.82) is 0 Å². The van der Waals surface area contributed by atoms with Crippen LogP contribution in [0.4, 0.5) is 0 Å². The highest BCUT2D eigenvalue weighted by molar-refractivity contribution is 5.36. The standard InChI is InChI=1S/C15H19NO/c1-13-4-2-10-16(13)12-15-8-6-14(7-9-15)5-3-11-17/h6-9,13,17H,2,4,10-12H2,1H3. The Morgan fingerprint density at radius 3 is 2.71 bits per heavy atom. The summed E-state index contributed by atoms with van der Waals surface area (Å²) in [5, 5.41) is 8.62. The second-order valence-corrected chi connectivity index (χ2v) is 4.62. The maximum atomic E-state index is 8.62. The SMILES string of the molecule is CC1CCCN1Cc1ccc(C#CCO)cc1. The van der Waals surface area contributed by atoms with Crippen LogP contribution >= 0.6 is 0 Å². The van der Waals surface area contributed by atoms with E-state index in [4.69, 9.17) is 5.11 Å². The van der Waals surface area contributed by atoms with E-state index in [-0.39, 0.29) is 6.61 Å². The molecule has 0 bridgehead atoms. The van der Waals surface area contributed by atoms with Gasteiger partial charge >= 0.3 is 0 Å². The first-order valence-electron chi connectivity index (χ1n) is 6.22. The fourth-order valence-corrected chi connectivity index (χ4v) is 2.30.